The highest BCUT2D eigenvalue weighted by Gasteiger charge is 2.28. The fourth-order valence-corrected chi connectivity index (χ4v) is 3.88. The van der Waals surface area contributed by atoms with E-state index in [1.165, 1.54) is 0 Å². The van der Waals surface area contributed by atoms with Crippen LogP contribution in [-0.4, -0.2) is 33.7 Å². The molecule has 0 unspecified atom stereocenters. The number of pyridine rings is 2. The van der Waals surface area contributed by atoms with Crippen LogP contribution < -0.4 is 14.5 Å². The van der Waals surface area contributed by atoms with Gasteiger partial charge in [0.25, 0.3) is 0 Å². The van der Waals surface area contributed by atoms with E-state index in [9.17, 15) is 4.79 Å². The molecular formula is C22H22N5O2+. The van der Waals surface area contributed by atoms with Gasteiger partial charge in [0, 0.05) is 54.1 Å². The van der Waals surface area contributed by atoms with Crippen LogP contribution in [0, 0.1) is 12.8 Å². The molecule has 1 aliphatic rings. The largest absolute Gasteiger partial charge is 0.490 e. The summed E-state index contributed by atoms with van der Waals surface area (Å²) in [6.45, 7) is 4.67. The Morgan fingerprint density at radius 2 is 2.14 bits per heavy atom. The van der Waals surface area contributed by atoms with Crippen LogP contribution in [0.3, 0.4) is 0 Å². The maximum atomic E-state index is 11.6. The molecule has 29 heavy (non-hydrogen) atoms. The van der Waals surface area contributed by atoms with Crippen LogP contribution in [0.4, 0.5) is 0 Å². The molecule has 0 radical (unpaired) electrons. The van der Waals surface area contributed by atoms with E-state index in [1.54, 1.807) is 6.20 Å². The predicted octanol–water partition coefficient (Wildman–Crippen LogP) is 2.58. The highest BCUT2D eigenvalue weighted by atomic mass is 16.5. The molecule has 1 fully saturated rings. The van der Waals surface area contributed by atoms with Crippen molar-refractivity contribution in [1.82, 2.24) is 20.5 Å². The average Bonchev–Trinajstić information content (AvgIpc) is 3.33. The van der Waals surface area contributed by atoms with E-state index in [-0.39, 0.29) is 17.9 Å². The molecule has 0 aliphatic carbocycles. The third-order valence-corrected chi connectivity index (χ3v) is 5.62. The molecule has 1 aromatic carbocycles. The highest BCUT2D eigenvalue weighted by Crippen LogP contribution is 2.33. The quantitative estimate of drug-likeness (QED) is 0.527. The molecule has 2 N–H and O–H groups in total. The Morgan fingerprint density at radius 3 is 2.97 bits per heavy atom. The number of aromatic nitrogens is 4. The summed E-state index contributed by atoms with van der Waals surface area (Å²) in [6.07, 6.45) is 4.27. The first-order valence-electron chi connectivity index (χ1n) is 9.77. The minimum atomic E-state index is -0.0828. The maximum Gasteiger partial charge on any atom is 0.305 e. The third-order valence-electron chi connectivity index (χ3n) is 5.62. The summed E-state index contributed by atoms with van der Waals surface area (Å²) in [7, 11) is 0. The lowest BCUT2D eigenvalue weighted by Gasteiger charge is -2.21. The van der Waals surface area contributed by atoms with E-state index in [4.69, 9.17) is 4.74 Å². The number of aryl methyl sites for hydroxylation is 1. The maximum absolute atomic E-state index is 11.6. The lowest BCUT2D eigenvalue weighted by atomic mass is 10.0. The van der Waals surface area contributed by atoms with Gasteiger partial charge in [-0.25, -0.2) is 4.40 Å². The van der Waals surface area contributed by atoms with Crippen LogP contribution in [0.15, 0.2) is 48.8 Å². The Bertz CT molecular complexity index is 1230. The second-order valence-corrected chi connectivity index (χ2v) is 7.59. The van der Waals surface area contributed by atoms with E-state index in [1.807, 2.05) is 42.5 Å². The van der Waals surface area contributed by atoms with Gasteiger partial charge in [0.05, 0.1) is 11.7 Å². The molecule has 146 valence electrons. The van der Waals surface area contributed by atoms with Gasteiger partial charge in [-0.3, -0.25) is 9.78 Å². The number of carbonyl (C=O) groups excluding carboxylic acids is 1. The summed E-state index contributed by atoms with van der Waals surface area (Å²) in [4.78, 5) is 16.1. The fraction of sp³-hybridized carbons (Fsp3) is 0.273. The Morgan fingerprint density at radius 1 is 1.24 bits per heavy atom. The first-order valence-corrected chi connectivity index (χ1v) is 9.77. The van der Waals surface area contributed by atoms with Crippen molar-refractivity contribution in [2.75, 3.05) is 6.54 Å². The topological polar surface area (TPSA) is 84.0 Å². The number of rotatable bonds is 4. The number of benzene rings is 1. The molecule has 4 heterocycles. The third kappa shape index (κ3) is 3.18. The van der Waals surface area contributed by atoms with Gasteiger partial charge in [-0.1, -0.05) is 0 Å². The van der Waals surface area contributed by atoms with Crippen molar-refractivity contribution in [3.8, 4) is 16.9 Å². The Labute approximate surface area is 167 Å². The second kappa shape index (κ2) is 6.84. The minimum Gasteiger partial charge on any atom is -0.490 e. The Kier molecular flexibility index (Phi) is 4.16. The van der Waals surface area contributed by atoms with Crippen molar-refractivity contribution >= 4 is 22.5 Å². The minimum absolute atomic E-state index is 0.0828. The molecule has 0 saturated carbocycles. The molecule has 1 aliphatic heterocycles. The van der Waals surface area contributed by atoms with E-state index >= 15 is 0 Å². The van der Waals surface area contributed by atoms with E-state index in [0.29, 0.717) is 13.0 Å². The van der Waals surface area contributed by atoms with Crippen LogP contribution in [0.25, 0.3) is 27.7 Å². The van der Waals surface area contributed by atoms with Crippen molar-refractivity contribution in [1.29, 1.82) is 0 Å². The molecule has 5 rings (SSSR count). The zero-order chi connectivity index (χ0) is 20.0. The standard InChI is InChI=1S/C22H21N5O2/c1-13(17-10-22(28)24-11-17)29-20-9-16(8-19-18(20)4-3-7-23-19)15-5-6-21-26-25-14(2)27(21)12-15/h3-9,12-13,17H,10-11H2,1-2H3,(H,24,28)/p+1/t13-,17-/m1/s1. The van der Waals surface area contributed by atoms with Gasteiger partial charge in [-0.2, -0.15) is 0 Å². The zero-order valence-electron chi connectivity index (χ0n) is 16.3. The number of H-pyrrole nitrogens is 1. The number of hydrogen-bond acceptors (Lipinski definition) is 4. The molecule has 2 atom stereocenters. The number of carbonyl (C=O) groups is 1. The Balaban J connectivity index is 1.57. The normalized spacial score (nSPS) is 17.6. The summed E-state index contributed by atoms with van der Waals surface area (Å²) < 4.78 is 8.39. The monoisotopic (exact) mass is 388 g/mol. The highest BCUT2D eigenvalue weighted by molar-refractivity contribution is 5.90. The van der Waals surface area contributed by atoms with E-state index in [0.717, 1.165) is 39.3 Å². The number of nitrogens with one attached hydrogen (secondary N) is 2. The summed E-state index contributed by atoms with van der Waals surface area (Å²) in [6, 6.07) is 12.1. The number of nitrogens with zero attached hydrogens (tertiary/aromatic N) is 3. The number of hydrogen-bond donors (Lipinski definition) is 2. The second-order valence-electron chi connectivity index (χ2n) is 7.59. The molecule has 0 bridgehead atoms. The number of ether oxygens (including phenoxy) is 1. The van der Waals surface area contributed by atoms with Crippen LogP contribution in [0.5, 0.6) is 5.75 Å². The van der Waals surface area contributed by atoms with Crippen molar-refractivity contribution in [3.63, 3.8) is 0 Å². The van der Waals surface area contributed by atoms with Gasteiger partial charge < -0.3 is 10.1 Å². The van der Waals surface area contributed by atoms with Gasteiger partial charge in [0.2, 0.25) is 11.7 Å². The van der Waals surface area contributed by atoms with Gasteiger partial charge >= 0.3 is 5.65 Å². The molecule has 7 heteroatoms. The van der Waals surface area contributed by atoms with Gasteiger partial charge in [0.15, 0.2) is 0 Å². The molecule has 0 spiro atoms. The van der Waals surface area contributed by atoms with Gasteiger partial charge in [-0.15, -0.1) is 5.10 Å². The predicted molar refractivity (Wildman–Crippen MR) is 108 cm³/mol. The summed E-state index contributed by atoms with van der Waals surface area (Å²) in [5.74, 6) is 2.00. The lowest BCUT2D eigenvalue weighted by Crippen LogP contribution is -2.25. The van der Waals surface area contributed by atoms with E-state index in [2.05, 4.69) is 38.8 Å². The average molecular weight is 388 g/mol. The molecule has 4 aromatic rings. The summed E-state index contributed by atoms with van der Waals surface area (Å²) >= 11 is 0. The summed E-state index contributed by atoms with van der Waals surface area (Å²) in [5, 5.41) is 11.1. The SMILES string of the molecule is Cc1[nH]nc2ccc(-c3cc(O[C@H](C)[C@H]4CNC(=O)C4)c4cccnc4c3)c[n+]12. The smallest absolute Gasteiger partial charge is 0.305 e. The molecule has 1 amide bonds. The molecule has 3 aromatic heterocycles. The first kappa shape index (κ1) is 17.6. The van der Waals surface area contributed by atoms with Crippen LogP contribution in [0.1, 0.15) is 19.2 Å². The number of amides is 1. The van der Waals surface area contributed by atoms with Gasteiger partial charge in [-0.05, 0) is 42.8 Å². The van der Waals surface area contributed by atoms with Crippen molar-refractivity contribution in [2.45, 2.75) is 26.4 Å². The number of aromatic amines is 1. The van der Waals surface area contributed by atoms with Gasteiger partial charge in [0.1, 0.15) is 11.9 Å². The summed E-state index contributed by atoms with van der Waals surface area (Å²) in [5.41, 5.74) is 3.82. The molecule has 7 nitrogen and oxygen atoms in total. The lowest BCUT2D eigenvalue weighted by molar-refractivity contribution is -0.519. The number of fused-ring (bicyclic) bond motifs is 2. The van der Waals surface area contributed by atoms with Crippen molar-refractivity contribution < 1.29 is 13.9 Å². The molecule has 1 saturated heterocycles. The van der Waals surface area contributed by atoms with E-state index < -0.39 is 0 Å². The van der Waals surface area contributed by atoms with Crippen LogP contribution >= 0.6 is 0 Å². The molecular weight excluding hydrogens is 366 g/mol. The fourth-order valence-electron chi connectivity index (χ4n) is 3.88. The van der Waals surface area contributed by atoms with Crippen molar-refractivity contribution in [2.24, 2.45) is 5.92 Å². The first-order chi connectivity index (χ1) is 14.1. The van der Waals surface area contributed by atoms with Crippen LogP contribution in [-0.2, 0) is 4.79 Å². The Hall–Kier alpha value is -3.48. The zero-order valence-corrected chi connectivity index (χ0v) is 16.3. The van der Waals surface area contributed by atoms with Crippen molar-refractivity contribution in [3.05, 3.63) is 54.6 Å². The van der Waals surface area contributed by atoms with Crippen LogP contribution in [0.2, 0.25) is 0 Å².